The minimum absolute atomic E-state index is 0.156. The largest absolute Gasteiger partial charge is 0.508 e. The van der Waals surface area contributed by atoms with E-state index in [0.717, 1.165) is 5.56 Å². The van der Waals surface area contributed by atoms with E-state index in [1.54, 1.807) is 66.9 Å². The highest BCUT2D eigenvalue weighted by Gasteiger charge is 2.34. The zero-order valence-corrected chi connectivity index (χ0v) is 18.2. The molecule has 1 aliphatic rings. The molecule has 31 heavy (non-hydrogen) atoms. The van der Waals surface area contributed by atoms with Crippen molar-refractivity contribution in [3.8, 4) is 5.75 Å². The van der Waals surface area contributed by atoms with E-state index in [1.165, 1.54) is 22.9 Å². The predicted octanol–water partition coefficient (Wildman–Crippen LogP) is 5.80. The molecule has 4 rings (SSSR count). The summed E-state index contributed by atoms with van der Waals surface area (Å²) in [5, 5.41) is 19.0. The second-order valence-corrected chi connectivity index (χ2v) is 8.24. The Kier molecular flexibility index (Phi) is 6.46. The van der Waals surface area contributed by atoms with Gasteiger partial charge in [-0.2, -0.15) is 5.10 Å². The molecule has 2 heterocycles. The fourth-order valence-corrected chi connectivity index (χ4v) is 4.05. The summed E-state index contributed by atoms with van der Waals surface area (Å²) in [5.74, 6) is 0.557. The number of hydrogen-bond donors (Lipinski definition) is 1. The molecule has 1 saturated heterocycles. The van der Waals surface area contributed by atoms with Crippen molar-refractivity contribution in [2.75, 3.05) is 0 Å². The fourth-order valence-electron chi connectivity index (χ4n) is 2.76. The number of furan rings is 1. The highest BCUT2D eigenvalue weighted by molar-refractivity contribution is 8.18. The van der Waals surface area contributed by atoms with E-state index in [-0.39, 0.29) is 18.2 Å². The average Bonchev–Trinajstić information content (AvgIpc) is 3.37. The first-order chi connectivity index (χ1) is 15.0. The first kappa shape index (κ1) is 21.2. The molecule has 1 fully saturated rings. The molecule has 0 spiro atoms. The highest BCUT2D eigenvalue weighted by Crippen LogP contribution is 2.34. The SMILES string of the molecule is O=C1/C(=C/c2ccc(O)cc2)S/C(=N\N=C\c2cccc(Cl)c2Cl)N1Cc1ccco1. The third kappa shape index (κ3) is 5.02. The zero-order chi connectivity index (χ0) is 21.8. The van der Waals surface area contributed by atoms with Crippen LogP contribution in [0, 0.1) is 0 Å². The number of carbonyl (C=O) groups excluding carboxylic acids is 1. The normalized spacial score (nSPS) is 16.8. The summed E-state index contributed by atoms with van der Waals surface area (Å²) in [5.41, 5.74) is 1.40. The highest BCUT2D eigenvalue weighted by atomic mass is 35.5. The standard InChI is InChI=1S/C22H15Cl2N3O3S/c23-18-5-1-3-15(20(18)24)12-25-26-22-27(13-17-4-2-10-30-17)21(29)19(31-22)11-14-6-8-16(28)9-7-14/h1-12,28H,13H2/b19-11-,25-12+,26-22-. The number of aromatic hydroxyl groups is 1. The molecule has 0 unspecified atom stereocenters. The van der Waals surface area contributed by atoms with E-state index in [4.69, 9.17) is 27.6 Å². The van der Waals surface area contributed by atoms with E-state index in [1.807, 2.05) is 0 Å². The Labute approximate surface area is 192 Å². The summed E-state index contributed by atoms with van der Waals surface area (Å²) < 4.78 is 5.39. The van der Waals surface area contributed by atoms with Crippen LogP contribution in [-0.4, -0.2) is 27.3 Å². The van der Waals surface area contributed by atoms with Gasteiger partial charge in [-0.15, -0.1) is 5.10 Å². The van der Waals surface area contributed by atoms with E-state index >= 15 is 0 Å². The molecule has 1 amide bonds. The topological polar surface area (TPSA) is 78.4 Å². The summed E-state index contributed by atoms with van der Waals surface area (Å²) in [6.07, 6.45) is 4.77. The third-order valence-corrected chi connectivity index (χ3v) is 6.13. The van der Waals surface area contributed by atoms with E-state index in [2.05, 4.69) is 10.2 Å². The molecule has 1 N–H and O–H groups in total. The van der Waals surface area contributed by atoms with Gasteiger partial charge in [0.25, 0.3) is 5.91 Å². The number of hydrogen-bond acceptors (Lipinski definition) is 6. The molecule has 1 aromatic heterocycles. The molecule has 9 heteroatoms. The molecule has 0 radical (unpaired) electrons. The Morgan fingerprint density at radius 2 is 1.90 bits per heavy atom. The minimum atomic E-state index is -0.218. The summed E-state index contributed by atoms with van der Waals surface area (Å²) >= 11 is 13.4. The van der Waals surface area contributed by atoms with Crippen LogP contribution in [-0.2, 0) is 11.3 Å². The number of carbonyl (C=O) groups is 1. The van der Waals surface area contributed by atoms with Crippen molar-refractivity contribution in [2.24, 2.45) is 10.2 Å². The Bertz CT molecular complexity index is 1190. The second kappa shape index (κ2) is 9.43. The summed E-state index contributed by atoms with van der Waals surface area (Å²) in [7, 11) is 0. The van der Waals surface area contributed by atoms with Gasteiger partial charge in [0.1, 0.15) is 11.5 Å². The quantitative estimate of drug-likeness (QED) is 0.289. The number of amides is 1. The molecule has 0 bridgehead atoms. The summed E-state index contributed by atoms with van der Waals surface area (Å²) in [6.45, 7) is 0.220. The number of nitrogens with zero attached hydrogens (tertiary/aromatic N) is 3. The molecule has 0 saturated carbocycles. The maximum Gasteiger partial charge on any atom is 0.267 e. The van der Waals surface area contributed by atoms with Gasteiger partial charge >= 0.3 is 0 Å². The molecule has 156 valence electrons. The van der Waals surface area contributed by atoms with Gasteiger partial charge in [0.2, 0.25) is 0 Å². The van der Waals surface area contributed by atoms with E-state index < -0.39 is 0 Å². The Morgan fingerprint density at radius 3 is 2.65 bits per heavy atom. The molecule has 2 aromatic carbocycles. The number of halogens is 2. The molecule has 6 nitrogen and oxygen atoms in total. The van der Waals surface area contributed by atoms with Crippen molar-refractivity contribution in [2.45, 2.75) is 6.54 Å². The maximum atomic E-state index is 13.0. The monoisotopic (exact) mass is 471 g/mol. The van der Waals surface area contributed by atoms with Crippen molar-refractivity contribution in [3.05, 3.63) is 92.7 Å². The molecule has 0 atom stereocenters. The van der Waals surface area contributed by atoms with Crippen molar-refractivity contribution in [1.82, 2.24) is 4.90 Å². The van der Waals surface area contributed by atoms with Crippen molar-refractivity contribution in [3.63, 3.8) is 0 Å². The number of benzene rings is 2. The van der Waals surface area contributed by atoms with E-state index in [0.29, 0.717) is 31.4 Å². The van der Waals surface area contributed by atoms with Crippen LogP contribution in [0.1, 0.15) is 16.9 Å². The molecular weight excluding hydrogens is 457 g/mol. The van der Waals surface area contributed by atoms with Crippen molar-refractivity contribution >= 4 is 58.3 Å². The van der Waals surface area contributed by atoms with Gasteiger partial charge in [0.05, 0.1) is 34.0 Å². The Balaban J connectivity index is 1.63. The van der Waals surface area contributed by atoms with Crippen LogP contribution < -0.4 is 0 Å². The lowest BCUT2D eigenvalue weighted by Crippen LogP contribution is -2.28. The lowest BCUT2D eigenvalue weighted by Gasteiger charge is -2.12. The zero-order valence-electron chi connectivity index (χ0n) is 15.9. The number of amidine groups is 1. The van der Waals surface area contributed by atoms with Crippen LogP contribution in [0.2, 0.25) is 10.0 Å². The predicted molar refractivity (Wildman–Crippen MR) is 124 cm³/mol. The average molecular weight is 472 g/mol. The number of phenols is 1. The van der Waals surface area contributed by atoms with Gasteiger partial charge in [-0.3, -0.25) is 9.69 Å². The van der Waals surface area contributed by atoms with Gasteiger partial charge in [0.15, 0.2) is 5.17 Å². The lowest BCUT2D eigenvalue weighted by atomic mass is 10.2. The van der Waals surface area contributed by atoms with Crippen molar-refractivity contribution in [1.29, 1.82) is 0 Å². The maximum absolute atomic E-state index is 13.0. The third-order valence-electron chi connectivity index (χ3n) is 4.29. The molecule has 3 aromatic rings. The molecule has 0 aliphatic carbocycles. The van der Waals surface area contributed by atoms with Gasteiger partial charge in [-0.1, -0.05) is 47.5 Å². The van der Waals surface area contributed by atoms with Crippen LogP contribution >= 0.6 is 35.0 Å². The number of phenolic OH excluding ortho intramolecular Hbond substituents is 1. The summed E-state index contributed by atoms with van der Waals surface area (Å²) in [6, 6.07) is 15.3. The van der Waals surface area contributed by atoms with Crippen LogP contribution in [0.15, 0.2) is 80.4 Å². The summed E-state index contributed by atoms with van der Waals surface area (Å²) in [4.78, 5) is 15.0. The van der Waals surface area contributed by atoms with E-state index in [9.17, 15) is 9.90 Å². The lowest BCUT2D eigenvalue weighted by molar-refractivity contribution is -0.122. The molecule has 1 aliphatic heterocycles. The number of thioether (sulfide) groups is 1. The van der Waals surface area contributed by atoms with Crippen LogP contribution in [0.3, 0.4) is 0 Å². The van der Waals surface area contributed by atoms with Crippen molar-refractivity contribution < 1.29 is 14.3 Å². The fraction of sp³-hybridized carbons (Fsp3) is 0.0455. The van der Waals surface area contributed by atoms with Crippen LogP contribution in [0.5, 0.6) is 5.75 Å². The smallest absolute Gasteiger partial charge is 0.267 e. The first-order valence-corrected chi connectivity index (χ1v) is 10.7. The van der Waals surface area contributed by atoms with Crippen LogP contribution in [0.4, 0.5) is 0 Å². The second-order valence-electron chi connectivity index (χ2n) is 6.44. The van der Waals surface area contributed by atoms with Gasteiger partial charge < -0.3 is 9.52 Å². The van der Waals surface area contributed by atoms with Gasteiger partial charge in [-0.05, 0) is 53.7 Å². The Hall–Kier alpha value is -3.00. The van der Waals surface area contributed by atoms with Gasteiger partial charge in [0, 0.05) is 5.56 Å². The Morgan fingerprint density at radius 1 is 1.10 bits per heavy atom. The van der Waals surface area contributed by atoms with Gasteiger partial charge in [-0.25, -0.2) is 0 Å². The minimum Gasteiger partial charge on any atom is -0.508 e. The first-order valence-electron chi connectivity index (χ1n) is 9.09. The number of rotatable bonds is 5. The van der Waals surface area contributed by atoms with Crippen LogP contribution in [0.25, 0.3) is 6.08 Å². The molecular formula is C22H15Cl2N3O3S.